The minimum Gasteiger partial charge on any atom is -0.505 e. The van der Waals surface area contributed by atoms with Crippen LogP contribution in [0.4, 0.5) is 28.4 Å². The summed E-state index contributed by atoms with van der Waals surface area (Å²) in [7, 11) is -8.41. The van der Waals surface area contributed by atoms with E-state index in [-0.39, 0.29) is 41.1 Å². The van der Waals surface area contributed by atoms with Crippen molar-refractivity contribution >= 4 is 59.4 Å². The maximum Gasteiger partial charge on any atom is 0.296 e. The largest absolute Gasteiger partial charge is 0.505 e. The maximum atomic E-state index is 12.2. The molecule has 0 saturated heterocycles. The Morgan fingerprint density at radius 1 is 0.860 bits per heavy atom. The van der Waals surface area contributed by atoms with Gasteiger partial charge in [-0.3, -0.25) is 9.11 Å². The second-order valence-corrected chi connectivity index (χ2v) is 11.7. The van der Waals surface area contributed by atoms with Crippen LogP contribution in [-0.4, -0.2) is 56.5 Å². The van der Waals surface area contributed by atoms with E-state index >= 15 is 0 Å². The summed E-state index contributed by atoms with van der Waals surface area (Å²) < 4.78 is 77.4. The number of phenols is 1. The van der Waals surface area contributed by atoms with Gasteiger partial charge in [0.2, 0.25) is 0 Å². The summed E-state index contributed by atoms with van der Waals surface area (Å²) in [6.45, 7) is 1.74. The van der Waals surface area contributed by atoms with Crippen LogP contribution in [0.25, 0.3) is 10.8 Å². The highest BCUT2D eigenvalue weighted by atomic mass is 32.2. The van der Waals surface area contributed by atoms with Gasteiger partial charge in [-0.05, 0) is 66.4 Å². The number of aromatic hydroxyl groups is 1. The zero-order valence-electron chi connectivity index (χ0n) is 22.5. The van der Waals surface area contributed by atoms with E-state index in [9.17, 15) is 31.0 Å². The van der Waals surface area contributed by atoms with E-state index in [1.165, 1.54) is 19.2 Å². The predicted octanol–water partition coefficient (Wildman–Crippen LogP) is 5.14. The molecule has 6 N–H and O–H groups in total. The quantitative estimate of drug-likeness (QED) is 0.0871. The summed E-state index contributed by atoms with van der Waals surface area (Å²) in [5, 5.41) is 35.6. The number of azo groups is 2. The number of hydrogen-bond donors (Lipinski definition) is 5. The van der Waals surface area contributed by atoms with Crippen LogP contribution in [0.2, 0.25) is 0 Å². The Labute approximate surface area is 245 Å². The molecule has 4 aromatic rings. The number of anilines is 1. The minimum atomic E-state index is -5.03. The Morgan fingerprint density at radius 3 is 2.14 bits per heavy atom. The van der Waals surface area contributed by atoms with Gasteiger partial charge < -0.3 is 25.4 Å². The topological polar surface area (TPSA) is 243 Å². The van der Waals surface area contributed by atoms with Crippen LogP contribution in [0.3, 0.4) is 0 Å². The number of methoxy groups -OCH3 is 1. The van der Waals surface area contributed by atoms with Crippen LogP contribution >= 0.6 is 0 Å². The van der Waals surface area contributed by atoms with Crippen LogP contribution < -0.4 is 15.2 Å². The molecule has 0 aliphatic rings. The monoisotopic (exact) mass is 631 g/mol. The zero-order valence-corrected chi connectivity index (χ0v) is 24.2. The van der Waals surface area contributed by atoms with E-state index < -0.39 is 41.5 Å². The summed E-state index contributed by atoms with van der Waals surface area (Å²) in [4.78, 5) is -1.56. The fourth-order valence-electron chi connectivity index (χ4n) is 3.93. The van der Waals surface area contributed by atoms with E-state index in [0.717, 1.165) is 18.2 Å². The molecule has 0 amide bonds. The van der Waals surface area contributed by atoms with E-state index in [2.05, 4.69) is 20.5 Å². The van der Waals surface area contributed by atoms with Gasteiger partial charge in [-0.25, -0.2) is 0 Å². The second-order valence-electron chi connectivity index (χ2n) is 8.91. The first-order chi connectivity index (χ1) is 20.2. The number of aliphatic hydroxyl groups is 1. The average Bonchev–Trinajstić information content (AvgIpc) is 2.94. The minimum absolute atomic E-state index is 0.0970. The summed E-state index contributed by atoms with van der Waals surface area (Å²) >= 11 is 0. The summed E-state index contributed by atoms with van der Waals surface area (Å²) in [6, 6.07) is 12.3. The molecule has 0 aliphatic carbocycles. The maximum absolute atomic E-state index is 12.2. The highest BCUT2D eigenvalue weighted by Gasteiger charge is 2.25. The number of nitrogens with two attached hydrogens (primary N) is 1. The van der Waals surface area contributed by atoms with Crippen LogP contribution in [-0.2, 0) is 20.2 Å². The average molecular weight is 632 g/mol. The number of aliphatic hydroxyl groups excluding tert-OH is 1. The lowest BCUT2D eigenvalue weighted by Gasteiger charge is -2.12. The van der Waals surface area contributed by atoms with E-state index in [4.69, 9.17) is 20.3 Å². The smallest absolute Gasteiger partial charge is 0.296 e. The number of nitrogen functional groups attached to an aromatic ring is 1. The number of phenolic OH excluding ortho intramolecular Hbond substituents is 1. The number of rotatable bonds is 10. The second kappa shape index (κ2) is 12.3. The molecule has 0 spiro atoms. The van der Waals surface area contributed by atoms with E-state index in [0.29, 0.717) is 22.7 Å². The molecule has 0 fully saturated rings. The van der Waals surface area contributed by atoms with Gasteiger partial charge in [0, 0.05) is 17.1 Å². The lowest BCUT2D eigenvalue weighted by molar-refractivity contribution is 0.201. The Bertz CT molecular complexity index is 1980. The van der Waals surface area contributed by atoms with Crippen LogP contribution in [0.5, 0.6) is 17.2 Å². The number of fused-ring (bicyclic) bond motifs is 1. The van der Waals surface area contributed by atoms with Gasteiger partial charge in [-0.15, -0.1) is 10.2 Å². The van der Waals surface area contributed by atoms with Gasteiger partial charge in [0.05, 0.1) is 30.0 Å². The molecular formula is C26H25N5O10S2. The van der Waals surface area contributed by atoms with Gasteiger partial charge in [-0.1, -0.05) is 0 Å². The van der Waals surface area contributed by atoms with Crippen molar-refractivity contribution in [2.75, 3.05) is 26.1 Å². The molecule has 0 unspecified atom stereocenters. The SMILES string of the molecule is COc1cc(/N=N/c2ccc(OCCO)cc2)c(C)cc1/N=N/c1c(S(=O)(=O)O)cc2cc(S(=O)(=O)O)cc(N)c2c1O. The van der Waals surface area contributed by atoms with Crippen molar-refractivity contribution < 1.29 is 45.6 Å². The molecule has 17 heteroatoms. The fourth-order valence-corrected chi connectivity index (χ4v) is 5.14. The molecular weight excluding hydrogens is 606 g/mol. The number of aryl methyl sites for hydroxylation is 1. The molecule has 0 radical (unpaired) electrons. The molecule has 0 aliphatic heterocycles. The van der Waals surface area contributed by atoms with Gasteiger partial charge in [-0.2, -0.15) is 27.1 Å². The molecule has 226 valence electrons. The van der Waals surface area contributed by atoms with Crippen LogP contribution in [0.15, 0.2) is 84.8 Å². The number of benzene rings is 4. The number of ether oxygens (including phenoxy) is 2. The number of nitrogens with zero attached hydrogens (tertiary/aromatic N) is 4. The van der Waals surface area contributed by atoms with Crippen molar-refractivity contribution in [1.29, 1.82) is 0 Å². The highest BCUT2D eigenvalue weighted by Crippen LogP contribution is 2.45. The van der Waals surface area contributed by atoms with Gasteiger partial charge in [0.15, 0.2) is 5.75 Å². The lowest BCUT2D eigenvalue weighted by Crippen LogP contribution is -2.02. The van der Waals surface area contributed by atoms with Crippen molar-refractivity contribution in [3.8, 4) is 17.2 Å². The van der Waals surface area contributed by atoms with Crippen molar-refractivity contribution in [2.24, 2.45) is 20.5 Å². The molecule has 0 heterocycles. The predicted molar refractivity (Wildman–Crippen MR) is 155 cm³/mol. The third-order valence-corrected chi connectivity index (χ3v) is 7.65. The zero-order chi connectivity index (χ0) is 31.5. The molecule has 0 bridgehead atoms. The Hall–Kier alpha value is -4.68. The Balaban J connectivity index is 1.74. The first-order valence-corrected chi connectivity index (χ1v) is 15.0. The molecule has 43 heavy (non-hydrogen) atoms. The van der Waals surface area contributed by atoms with E-state index in [1.54, 1.807) is 31.2 Å². The van der Waals surface area contributed by atoms with Crippen molar-refractivity contribution in [2.45, 2.75) is 16.7 Å². The fraction of sp³-hybridized carbons (Fsp3) is 0.154. The molecule has 4 rings (SSSR count). The lowest BCUT2D eigenvalue weighted by atomic mass is 10.1. The highest BCUT2D eigenvalue weighted by molar-refractivity contribution is 7.86. The summed E-state index contributed by atoms with van der Waals surface area (Å²) in [5.41, 5.74) is 6.48. The van der Waals surface area contributed by atoms with Crippen molar-refractivity contribution in [1.82, 2.24) is 0 Å². The standard InChI is InChI=1S/C26H25N5O10S2/c1-14-9-21(22(40-2)13-20(14)29-28-16-3-5-17(6-4-16)41-8-7-32)30-31-25-23(43(37,38)39)11-15-10-18(42(34,35)36)12-19(27)24(15)26(25)33/h3-6,9-13,32-33H,7-8,27H2,1-2H3,(H,34,35,36)(H,37,38,39)/b29-28+,31-30+. The van der Waals surface area contributed by atoms with Gasteiger partial charge in [0.1, 0.15) is 34.4 Å². The van der Waals surface area contributed by atoms with Gasteiger partial charge in [0.25, 0.3) is 20.2 Å². The first kappa shape index (κ1) is 31.3. The first-order valence-electron chi connectivity index (χ1n) is 12.1. The molecule has 0 atom stereocenters. The third-order valence-electron chi connectivity index (χ3n) is 5.95. The number of hydrogen-bond acceptors (Lipinski definition) is 13. The molecule has 4 aromatic carbocycles. The molecule has 15 nitrogen and oxygen atoms in total. The molecule has 0 aromatic heterocycles. The molecule has 0 saturated carbocycles. The third kappa shape index (κ3) is 7.04. The van der Waals surface area contributed by atoms with E-state index in [1.807, 2.05) is 0 Å². The normalized spacial score (nSPS) is 12.4. The van der Waals surface area contributed by atoms with Crippen LogP contribution in [0.1, 0.15) is 5.56 Å². The van der Waals surface area contributed by atoms with Crippen LogP contribution in [0, 0.1) is 6.92 Å². The Kier molecular flexibility index (Phi) is 8.93. The van der Waals surface area contributed by atoms with Crippen molar-refractivity contribution in [3.05, 3.63) is 60.2 Å². The summed E-state index contributed by atoms with van der Waals surface area (Å²) in [5.74, 6) is -0.107. The van der Waals surface area contributed by atoms with Gasteiger partial charge >= 0.3 is 0 Å². The summed E-state index contributed by atoms with van der Waals surface area (Å²) in [6.07, 6.45) is 0. The Morgan fingerprint density at radius 2 is 1.53 bits per heavy atom. The van der Waals surface area contributed by atoms with Crippen molar-refractivity contribution in [3.63, 3.8) is 0 Å².